The van der Waals surface area contributed by atoms with E-state index in [2.05, 4.69) is 30.7 Å². The zero-order valence-corrected chi connectivity index (χ0v) is 9.73. The summed E-state index contributed by atoms with van der Waals surface area (Å²) in [6.07, 6.45) is 4.86. The predicted octanol–water partition coefficient (Wildman–Crippen LogP) is 2.49. The van der Waals surface area contributed by atoms with E-state index in [-0.39, 0.29) is 5.41 Å². The van der Waals surface area contributed by atoms with Crippen LogP contribution in [0.2, 0.25) is 0 Å². The van der Waals surface area contributed by atoms with Crippen LogP contribution in [0.3, 0.4) is 0 Å². The minimum atomic E-state index is 0.119. The van der Waals surface area contributed by atoms with E-state index in [9.17, 15) is 0 Å². The molecule has 1 N–H and O–H groups in total. The Bertz CT molecular complexity index is 269. The Morgan fingerprint density at radius 2 is 2.50 bits per heavy atom. The molecule has 1 aromatic heterocycles. The molecule has 0 amide bonds. The van der Waals surface area contributed by atoms with Crippen LogP contribution < -0.4 is 5.32 Å². The predicted molar refractivity (Wildman–Crippen MR) is 62.7 cm³/mol. The molecule has 2 nitrogen and oxygen atoms in total. The molecule has 0 aliphatic heterocycles. The highest BCUT2D eigenvalue weighted by Crippen LogP contribution is 2.23. The monoisotopic (exact) mass is 210 g/mol. The van der Waals surface area contributed by atoms with Crippen LogP contribution in [0.25, 0.3) is 0 Å². The van der Waals surface area contributed by atoms with Gasteiger partial charge >= 0.3 is 0 Å². The maximum atomic E-state index is 4.30. The first kappa shape index (κ1) is 11.4. The zero-order valence-electron chi connectivity index (χ0n) is 8.92. The van der Waals surface area contributed by atoms with Gasteiger partial charge in [-0.25, -0.2) is 4.98 Å². The Morgan fingerprint density at radius 1 is 1.71 bits per heavy atom. The molecule has 1 rings (SSSR count). The van der Waals surface area contributed by atoms with E-state index in [0.29, 0.717) is 0 Å². The third-order valence-electron chi connectivity index (χ3n) is 2.31. The summed E-state index contributed by atoms with van der Waals surface area (Å²) in [5.41, 5.74) is 0.119. The van der Waals surface area contributed by atoms with E-state index in [1.165, 1.54) is 5.01 Å². The van der Waals surface area contributed by atoms with E-state index in [0.717, 1.165) is 19.5 Å². The molecule has 1 aromatic rings. The highest BCUT2D eigenvalue weighted by Gasteiger charge is 2.21. The first-order valence-corrected chi connectivity index (χ1v) is 5.81. The van der Waals surface area contributed by atoms with Crippen LogP contribution in [0.1, 0.15) is 18.9 Å². The van der Waals surface area contributed by atoms with Gasteiger partial charge < -0.3 is 5.32 Å². The lowest BCUT2D eigenvalue weighted by atomic mass is 9.87. The van der Waals surface area contributed by atoms with Crippen molar-refractivity contribution >= 4 is 11.3 Å². The van der Waals surface area contributed by atoms with Gasteiger partial charge in [0, 0.05) is 30.0 Å². The molecular formula is C11H18N2S. The van der Waals surface area contributed by atoms with Gasteiger partial charge in [0.1, 0.15) is 0 Å². The Morgan fingerprint density at radius 3 is 3.00 bits per heavy atom. The summed E-state index contributed by atoms with van der Waals surface area (Å²) in [5, 5.41) is 6.56. The van der Waals surface area contributed by atoms with Crippen molar-refractivity contribution in [2.75, 3.05) is 13.1 Å². The Labute approximate surface area is 90.1 Å². The summed E-state index contributed by atoms with van der Waals surface area (Å²) < 4.78 is 0. The largest absolute Gasteiger partial charge is 0.316 e. The standard InChI is InChI=1S/C11H18N2S/c1-4-11(3,9-12-5-2)8-10-13-6-7-14-10/h4,6-7,12H,1,5,8-9H2,2-3H3. The molecule has 0 radical (unpaired) electrons. The van der Waals surface area contributed by atoms with Crippen LogP contribution in [0.5, 0.6) is 0 Å². The molecular weight excluding hydrogens is 192 g/mol. The van der Waals surface area contributed by atoms with E-state index in [1.807, 2.05) is 17.7 Å². The topological polar surface area (TPSA) is 24.9 Å². The lowest BCUT2D eigenvalue weighted by Gasteiger charge is -2.24. The number of aromatic nitrogens is 1. The minimum absolute atomic E-state index is 0.119. The molecule has 0 aliphatic rings. The summed E-state index contributed by atoms with van der Waals surface area (Å²) >= 11 is 1.71. The van der Waals surface area contributed by atoms with Crippen LogP contribution in [-0.4, -0.2) is 18.1 Å². The fourth-order valence-electron chi connectivity index (χ4n) is 1.30. The zero-order chi connectivity index (χ0) is 10.4. The molecule has 3 heteroatoms. The van der Waals surface area contributed by atoms with Gasteiger partial charge in [0.05, 0.1) is 5.01 Å². The third-order valence-corrected chi connectivity index (χ3v) is 3.09. The molecule has 0 saturated carbocycles. The number of nitrogens with zero attached hydrogens (tertiary/aromatic N) is 1. The van der Waals surface area contributed by atoms with Gasteiger partial charge in [-0.1, -0.05) is 19.9 Å². The van der Waals surface area contributed by atoms with Gasteiger partial charge in [-0.15, -0.1) is 17.9 Å². The first-order chi connectivity index (χ1) is 6.70. The second-order valence-electron chi connectivity index (χ2n) is 3.74. The fourth-order valence-corrected chi connectivity index (χ4v) is 2.12. The van der Waals surface area contributed by atoms with Crippen molar-refractivity contribution in [3.63, 3.8) is 0 Å². The summed E-state index contributed by atoms with van der Waals surface area (Å²) in [4.78, 5) is 4.30. The SMILES string of the molecule is C=CC(C)(CNCC)Cc1nccs1. The van der Waals surface area contributed by atoms with Crippen molar-refractivity contribution < 1.29 is 0 Å². The van der Waals surface area contributed by atoms with Crippen molar-refractivity contribution in [1.29, 1.82) is 0 Å². The minimum Gasteiger partial charge on any atom is -0.316 e. The average Bonchev–Trinajstić information content (AvgIpc) is 2.67. The molecule has 0 aromatic carbocycles. The van der Waals surface area contributed by atoms with E-state index in [4.69, 9.17) is 0 Å². The Balaban J connectivity index is 2.56. The molecule has 14 heavy (non-hydrogen) atoms. The number of rotatable bonds is 6. The van der Waals surface area contributed by atoms with Crippen molar-refractivity contribution in [3.05, 3.63) is 29.2 Å². The lowest BCUT2D eigenvalue weighted by Crippen LogP contribution is -2.31. The number of hydrogen-bond acceptors (Lipinski definition) is 3. The van der Waals surface area contributed by atoms with Crippen LogP contribution in [0.15, 0.2) is 24.2 Å². The highest BCUT2D eigenvalue weighted by molar-refractivity contribution is 7.09. The van der Waals surface area contributed by atoms with Crippen molar-refractivity contribution in [2.45, 2.75) is 20.3 Å². The molecule has 1 atom stereocenters. The summed E-state index contributed by atoms with van der Waals surface area (Å²) in [6, 6.07) is 0. The van der Waals surface area contributed by atoms with Crippen molar-refractivity contribution in [2.24, 2.45) is 5.41 Å². The second kappa shape index (κ2) is 5.27. The van der Waals surface area contributed by atoms with E-state index in [1.54, 1.807) is 11.3 Å². The highest BCUT2D eigenvalue weighted by atomic mass is 32.1. The summed E-state index contributed by atoms with van der Waals surface area (Å²) in [5.74, 6) is 0. The number of nitrogens with one attached hydrogen (secondary N) is 1. The first-order valence-electron chi connectivity index (χ1n) is 4.93. The van der Waals surface area contributed by atoms with Crippen LogP contribution in [0.4, 0.5) is 0 Å². The third kappa shape index (κ3) is 3.24. The Hall–Kier alpha value is -0.670. The molecule has 0 fully saturated rings. The Kier molecular flexibility index (Phi) is 4.29. The van der Waals surface area contributed by atoms with Crippen LogP contribution >= 0.6 is 11.3 Å². The molecule has 78 valence electrons. The molecule has 1 unspecified atom stereocenters. The van der Waals surface area contributed by atoms with Crippen LogP contribution in [-0.2, 0) is 6.42 Å². The average molecular weight is 210 g/mol. The van der Waals surface area contributed by atoms with Gasteiger partial charge in [-0.05, 0) is 6.54 Å². The smallest absolute Gasteiger partial charge is 0.0933 e. The van der Waals surface area contributed by atoms with Gasteiger partial charge in [-0.3, -0.25) is 0 Å². The maximum Gasteiger partial charge on any atom is 0.0933 e. The molecule has 1 heterocycles. The van der Waals surface area contributed by atoms with Crippen molar-refractivity contribution in [1.82, 2.24) is 10.3 Å². The van der Waals surface area contributed by atoms with Gasteiger partial charge in [0.15, 0.2) is 0 Å². The number of thiazole rings is 1. The number of hydrogen-bond donors (Lipinski definition) is 1. The summed E-state index contributed by atoms with van der Waals surface area (Å²) in [7, 11) is 0. The molecule has 0 saturated heterocycles. The lowest BCUT2D eigenvalue weighted by molar-refractivity contribution is 0.395. The normalized spacial score (nSPS) is 15.0. The van der Waals surface area contributed by atoms with Crippen LogP contribution in [0, 0.1) is 5.41 Å². The molecule has 0 spiro atoms. The molecule has 0 bridgehead atoms. The van der Waals surface area contributed by atoms with Gasteiger partial charge in [0.25, 0.3) is 0 Å². The van der Waals surface area contributed by atoms with E-state index < -0.39 is 0 Å². The van der Waals surface area contributed by atoms with Gasteiger partial charge in [0.2, 0.25) is 0 Å². The fraction of sp³-hybridized carbons (Fsp3) is 0.545. The maximum absolute atomic E-state index is 4.30. The quantitative estimate of drug-likeness (QED) is 0.730. The summed E-state index contributed by atoms with van der Waals surface area (Å²) in [6.45, 7) is 10.2. The second-order valence-corrected chi connectivity index (χ2v) is 4.72. The van der Waals surface area contributed by atoms with Crippen molar-refractivity contribution in [3.8, 4) is 0 Å². The van der Waals surface area contributed by atoms with Gasteiger partial charge in [-0.2, -0.15) is 0 Å². The van der Waals surface area contributed by atoms with E-state index >= 15 is 0 Å². The molecule has 0 aliphatic carbocycles.